The normalized spacial score (nSPS) is 21.5. The first-order valence-electron chi connectivity index (χ1n) is 7.68. The highest BCUT2D eigenvalue weighted by atomic mass is 16.3. The molecule has 1 fully saturated rings. The van der Waals surface area contributed by atoms with Gasteiger partial charge in [-0.05, 0) is 17.9 Å². The average molecular weight is 304 g/mol. The van der Waals surface area contributed by atoms with Crippen molar-refractivity contribution in [2.24, 2.45) is 5.92 Å². The van der Waals surface area contributed by atoms with Crippen LogP contribution in [-0.2, 0) is 9.59 Å². The zero-order valence-corrected chi connectivity index (χ0v) is 13.2. The predicted molar refractivity (Wildman–Crippen MR) is 84.3 cm³/mol. The number of nitrogens with zero attached hydrogens (tertiary/aromatic N) is 2. The number of benzene rings is 1. The Labute approximate surface area is 131 Å². The molecule has 1 aromatic carbocycles. The molecule has 0 bridgehead atoms. The highest BCUT2D eigenvalue weighted by Crippen LogP contribution is 2.32. The lowest BCUT2D eigenvalue weighted by molar-refractivity contribution is -0.140. The van der Waals surface area contributed by atoms with Crippen molar-refractivity contribution >= 4 is 11.8 Å². The van der Waals surface area contributed by atoms with Crippen LogP contribution >= 0.6 is 0 Å². The highest BCUT2D eigenvalue weighted by Gasteiger charge is 2.32. The van der Waals surface area contributed by atoms with E-state index < -0.39 is 0 Å². The number of hydrogen-bond donors (Lipinski definition) is 1. The average Bonchev–Trinajstić information content (AvgIpc) is 2.54. The number of rotatable bonds is 4. The Balaban J connectivity index is 2.00. The Hall–Kier alpha value is -1.88. The van der Waals surface area contributed by atoms with E-state index in [-0.39, 0.29) is 36.8 Å². The van der Waals surface area contributed by atoms with Crippen LogP contribution in [0, 0.1) is 5.92 Å². The van der Waals surface area contributed by atoms with Crippen LogP contribution in [0.15, 0.2) is 30.3 Å². The zero-order valence-electron chi connectivity index (χ0n) is 13.2. The van der Waals surface area contributed by atoms with Crippen molar-refractivity contribution in [3.63, 3.8) is 0 Å². The summed E-state index contributed by atoms with van der Waals surface area (Å²) >= 11 is 0. The highest BCUT2D eigenvalue weighted by molar-refractivity contribution is 5.83. The van der Waals surface area contributed by atoms with E-state index in [0.29, 0.717) is 13.1 Å². The molecule has 0 saturated carbocycles. The van der Waals surface area contributed by atoms with Gasteiger partial charge in [-0.25, -0.2) is 0 Å². The van der Waals surface area contributed by atoms with Gasteiger partial charge in [0.1, 0.15) is 0 Å². The number of carbonyl (C=O) groups is 2. The molecule has 2 rings (SSSR count). The van der Waals surface area contributed by atoms with Crippen LogP contribution in [0.4, 0.5) is 0 Å². The third kappa shape index (κ3) is 3.85. The fraction of sp³-hybridized carbons (Fsp3) is 0.529. The second-order valence-electron chi connectivity index (χ2n) is 5.96. The van der Waals surface area contributed by atoms with Crippen LogP contribution in [0.5, 0.6) is 0 Å². The molecule has 120 valence electrons. The molecule has 5 nitrogen and oxygen atoms in total. The molecule has 2 atom stereocenters. The summed E-state index contributed by atoms with van der Waals surface area (Å²) in [5.74, 6) is 0.150. The van der Waals surface area contributed by atoms with Gasteiger partial charge in [0.15, 0.2) is 0 Å². The van der Waals surface area contributed by atoms with Gasteiger partial charge in [0.05, 0.1) is 6.54 Å². The van der Waals surface area contributed by atoms with E-state index in [2.05, 4.69) is 12.1 Å². The summed E-state index contributed by atoms with van der Waals surface area (Å²) in [4.78, 5) is 26.7. The number of piperidine rings is 1. The smallest absolute Gasteiger partial charge is 0.242 e. The van der Waals surface area contributed by atoms with Crippen molar-refractivity contribution in [1.82, 2.24) is 9.80 Å². The number of likely N-dealkylation sites (N-methyl/N-ethyl adjacent to an activating group) is 1. The van der Waals surface area contributed by atoms with Crippen molar-refractivity contribution < 1.29 is 14.7 Å². The molecule has 1 saturated heterocycles. The second kappa shape index (κ2) is 7.40. The quantitative estimate of drug-likeness (QED) is 0.906. The lowest BCUT2D eigenvalue weighted by atomic mass is 9.81. The molecule has 1 aliphatic rings. The number of carbonyl (C=O) groups excluding carboxylic acids is 2. The van der Waals surface area contributed by atoms with Crippen LogP contribution in [0.3, 0.4) is 0 Å². The van der Waals surface area contributed by atoms with Gasteiger partial charge in [-0.2, -0.15) is 0 Å². The van der Waals surface area contributed by atoms with Gasteiger partial charge < -0.3 is 14.9 Å². The van der Waals surface area contributed by atoms with E-state index >= 15 is 0 Å². The predicted octanol–water partition coefficient (Wildman–Crippen LogP) is 1.09. The van der Waals surface area contributed by atoms with E-state index in [9.17, 15) is 14.7 Å². The maximum atomic E-state index is 12.3. The largest absolute Gasteiger partial charge is 0.396 e. The molecule has 0 spiro atoms. The van der Waals surface area contributed by atoms with Crippen molar-refractivity contribution in [3.8, 4) is 0 Å². The summed E-state index contributed by atoms with van der Waals surface area (Å²) in [5, 5.41) is 9.69. The van der Waals surface area contributed by atoms with Crippen LogP contribution in [0.1, 0.15) is 24.8 Å². The summed E-state index contributed by atoms with van der Waals surface area (Å²) < 4.78 is 0. The minimum Gasteiger partial charge on any atom is -0.396 e. The maximum absolute atomic E-state index is 12.3. The summed E-state index contributed by atoms with van der Waals surface area (Å²) in [6.07, 6.45) is 0.838. The minimum atomic E-state index is -0.119. The maximum Gasteiger partial charge on any atom is 0.242 e. The Morgan fingerprint density at radius 1 is 1.32 bits per heavy atom. The van der Waals surface area contributed by atoms with Gasteiger partial charge in [0.25, 0.3) is 0 Å². The van der Waals surface area contributed by atoms with E-state index in [1.807, 2.05) is 18.2 Å². The SMILES string of the molecule is CC(=O)N(C)CC(=O)N1CC[C@@H](c2ccccc2)[C@@H](CO)C1. The van der Waals surface area contributed by atoms with Crippen LogP contribution < -0.4 is 0 Å². The standard InChI is InChI=1S/C17H24N2O3/c1-13(21)18(2)11-17(22)19-9-8-16(15(10-19)12-20)14-6-4-3-5-7-14/h3-7,15-16,20H,8-12H2,1-2H3/t15-,16+/m1/s1. The Morgan fingerprint density at radius 3 is 2.59 bits per heavy atom. The minimum absolute atomic E-state index is 0.0442. The lowest BCUT2D eigenvalue weighted by Crippen LogP contribution is -2.47. The van der Waals surface area contributed by atoms with Gasteiger partial charge >= 0.3 is 0 Å². The molecule has 1 aromatic rings. The molecule has 1 heterocycles. The van der Waals surface area contributed by atoms with E-state index in [0.717, 1.165) is 6.42 Å². The Morgan fingerprint density at radius 2 is 2.00 bits per heavy atom. The first-order valence-corrected chi connectivity index (χ1v) is 7.68. The molecule has 0 aromatic heterocycles. The Kier molecular flexibility index (Phi) is 5.55. The summed E-state index contributed by atoms with van der Waals surface area (Å²) in [6, 6.07) is 10.1. The van der Waals surface area contributed by atoms with Gasteiger partial charge in [-0.3, -0.25) is 9.59 Å². The number of likely N-dealkylation sites (tertiary alicyclic amines) is 1. The van der Waals surface area contributed by atoms with Gasteiger partial charge in [-0.1, -0.05) is 30.3 Å². The molecule has 1 N–H and O–H groups in total. The fourth-order valence-electron chi connectivity index (χ4n) is 3.00. The number of amides is 2. The van der Waals surface area contributed by atoms with Crippen molar-refractivity contribution in [2.45, 2.75) is 19.3 Å². The van der Waals surface area contributed by atoms with E-state index in [1.54, 1.807) is 11.9 Å². The number of hydrogen-bond acceptors (Lipinski definition) is 3. The van der Waals surface area contributed by atoms with Crippen LogP contribution in [0.25, 0.3) is 0 Å². The van der Waals surface area contributed by atoms with Crippen molar-refractivity contribution in [1.29, 1.82) is 0 Å². The van der Waals surface area contributed by atoms with Crippen LogP contribution in [-0.4, -0.2) is 60.0 Å². The topological polar surface area (TPSA) is 60.9 Å². The molecular weight excluding hydrogens is 280 g/mol. The zero-order chi connectivity index (χ0) is 16.1. The van der Waals surface area contributed by atoms with Gasteiger partial charge in [0.2, 0.25) is 11.8 Å². The van der Waals surface area contributed by atoms with Gasteiger partial charge in [-0.15, -0.1) is 0 Å². The third-order valence-corrected chi connectivity index (χ3v) is 4.46. The lowest BCUT2D eigenvalue weighted by Gasteiger charge is -2.38. The number of aliphatic hydroxyl groups excluding tert-OH is 1. The first kappa shape index (κ1) is 16.5. The molecule has 5 heteroatoms. The van der Waals surface area contributed by atoms with Crippen molar-refractivity contribution in [2.75, 3.05) is 33.3 Å². The number of aliphatic hydroxyl groups is 1. The fourth-order valence-corrected chi connectivity index (χ4v) is 3.00. The summed E-state index contributed by atoms with van der Waals surface area (Å²) in [5.41, 5.74) is 1.22. The second-order valence-corrected chi connectivity index (χ2v) is 5.96. The molecule has 22 heavy (non-hydrogen) atoms. The first-order chi connectivity index (χ1) is 10.5. The van der Waals surface area contributed by atoms with E-state index in [4.69, 9.17) is 0 Å². The molecule has 0 unspecified atom stereocenters. The Bertz CT molecular complexity index is 518. The monoisotopic (exact) mass is 304 g/mol. The van der Waals surface area contributed by atoms with Crippen LogP contribution in [0.2, 0.25) is 0 Å². The summed E-state index contributed by atoms with van der Waals surface area (Å²) in [7, 11) is 1.63. The van der Waals surface area contributed by atoms with Gasteiger partial charge in [0, 0.05) is 39.6 Å². The summed E-state index contributed by atoms with van der Waals surface area (Å²) in [6.45, 7) is 2.82. The molecule has 0 aliphatic carbocycles. The molecule has 1 aliphatic heterocycles. The third-order valence-electron chi connectivity index (χ3n) is 4.46. The molecular formula is C17H24N2O3. The van der Waals surface area contributed by atoms with Crippen molar-refractivity contribution in [3.05, 3.63) is 35.9 Å². The van der Waals surface area contributed by atoms with E-state index in [1.165, 1.54) is 17.4 Å². The molecule has 0 radical (unpaired) electrons. The molecule has 2 amide bonds.